The number of amides is 1. The van der Waals surface area contributed by atoms with Crippen molar-refractivity contribution in [3.05, 3.63) is 47.9 Å². The molecular formula is C17H19NO6. The van der Waals surface area contributed by atoms with E-state index < -0.39 is 18.5 Å². The molecule has 0 radical (unpaired) electrons. The molecule has 0 unspecified atom stereocenters. The highest BCUT2D eigenvalue weighted by molar-refractivity contribution is 5.94. The van der Waals surface area contributed by atoms with Crippen LogP contribution in [-0.4, -0.2) is 32.7 Å². The molecule has 24 heavy (non-hydrogen) atoms. The van der Waals surface area contributed by atoms with Gasteiger partial charge in [-0.3, -0.25) is 4.79 Å². The Balaban J connectivity index is 1.92. The quantitative estimate of drug-likeness (QED) is 0.783. The van der Waals surface area contributed by atoms with Crippen molar-refractivity contribution in [3.8, 4) is 11.5 Å². The zero-order valence-electron chi connectivity index (χ0n) is 13.7. The summed E-state index contributed by atoms with van der Waals surface area (Å²) in [5.74, 6) is 0.388. The van der Waals surface area contributed by atoms with E-state index in [0.29, 0.717) is 17.3 Å². The summed E-state index contributed by atoms with van der Waals surface area (Å²) in [5, 5.41) is 2.67. The fourth-order valence-corrected chi connectivity index (χ4v) is 2.07. The maximum Gasteiger partial charge on any atom is 0.342 e. The molecule has 2 aromatic rings. The molecule has 7 nitrogen and oxygen atoms in total. The minimum atomic E-state index is -0.657. The van der Waals surface area contributed by atoms with Gasteiger partial charge in [0, 0.05) is 6.07 Å². The summed E-state index contributed by atoms with van der Waals surface area (Å²) in [6, 6.07) is 7.85. The van der Waals surface area contributed by atoms with E-state index in [0.717, 1.165) is 0 Å². The normalized spacial score (nSPS) is 11.5. The van der Waals surface area contributed by atoms with Crippen molar-refractivity contribution in [2.75, 3.05) is 20.8 Å². The Morgan fingerprint density at radius 3 is 2.62 bits per heavy atom. The van der Waals surface area contributed by atoms with Crippen LogP contribution in [0.2, 0.25) is 0 Å². The van der Waals surface area contributed by atoms with E-state index >= 15 is 0 Å². The molecule has 0 saturated carbocycles. The second-order valence-corrected chi connectivity index (χ2v) is 4.95. The lowest BCUT2D eigenvalue weighted by Gasteiger charge is -2.12. The zero-order valence-corrected chi connectivity index (χ0v) is 13.7. The second kappa shape index (κ2) is 8.05. The lowest BCUT2D eigenvalue weighted by Crippen LogP contribution is -2.31. The van der Waals surface area contributed by atoms with Crippen LogP contribution in [0.1, 0.15) is 29.1 Å². The van der Waals surface area contributed by atoms with Gasteiger partial charge in [-0.15, -0.1) is 0 Å². The van der Waals surface area contributed by atoms with Gasteiger partial charge in [-0.05, 0) is 31.2 Å². The minimum absolute atomic E-state index is 0.213. The molecule has 0 aliphatic heterocycles. The first-order valence-electron chi connectivity index (χ1n) is 7.27. The van der Waals surface area contributed by atoms with Gasteiger partial charge in [-0.25, -0.2) is 4.79 Å². The van der Waals surface area contributed by atoms with Crippen molar-refractivity contribution in [2.24, 2.45) is 0 Å². The van der Waals surface area contributed by atoms with E-state index in [2.05, 4.69) is 5.32 Å². The van der Waals surface area contributed by atoms with Crippen LogP contribution in [0.15, 0.2) is 41.0 Å². The predicted molar refractivity (Wildman–Crippen MR) is 85.1 cm³/mol. The molecule has 2 rings (SSSR count). The Kier molecular flexibility index (Phi) is 5.83. The highest BCUT2D eigenvalue weighted by atomic mass is 16.5. The molecule has 0 saturated heterocycles. The molecule has 0 bridgehead atoms. The van der Waals surface area contributed by atoms with E-state index in [9.17, 15) is 9.59 Å². The summed E-state index contributed by atoms with van der Waals surface area (Å²) in [6.07, 6.45) is 1.52. The maximum atomic E-state index is 12.1. The number of ether oxygens (including phenoxy) is 3. The molecule has 1 N–H and O–H groups in total. The Labute approximate surface area is 139 Å². The second-order valence-electron chi connectivity index (χ2n) is 4.95. The van der Waals surface area contributed by atoms with Crippen molar-refractivity contribution < 1.29 is 28.2 Å². The van der Waals surface area contributed by atoms with E-state index in [4.69, 9.17) is 18.6 Å². The van der Waals surface area contributed by atoms with Gasteiger partial charge >= 0.3 is 5.97 Å². The largest absolute Gasteiger partial charge is 0.497 e. The molecule has 1 aromatic carbocycles. The summed E-state index contributed by atoms with van der Waals surface area (Å²) in [6.45, 7) is 1.37. The Bertz CT molecular complexity index is 695. The maximum absolute atomic E-state index is 12.1. The number of nitrogens with one attached hydrogen (secondary N) is 1. The average molecular weight is 333 g/mol. The van der Waals surface area contributed by atoms with Gasteiger partial charge in [0.25, 0.3) is 5.91 Å². The molecule has 1 heterocycles. The van der Waals surface area contributed by atoms with Crippen LogP contribution in [0.4, 0.5) is 0 Å². The number of hydrogen-bond donors (Lipinski definition) is 1. The number of furan rings is 1. The predicted octanol–water partition coefficient (Wildman–Crippen LogP) is 2.33. The molecule has 0 aliphatic carbocycles. The lowest BCUT2D eigenvalue weighted by molar-refractivity contribution is -0.125. The van der Waals surface area contributed by atoms with Crippen molar-refractivity contribution in [2.45, 2.75) is 13.0 Å². The van der Waals surface area contributed by atoms with Crippen LogP contribution in [0.3, 0.4) is 0 Å². The number of esters is 1. The first-order valence-corrected chi connectivity index (χ1v) is 7.27. The summed E-state index contributed by atoms with van der Waals surface area (Å²) >= 11 is 0. The molecule has 0 aliphatic rings. The van der Waals surface area contributed by atoms with Crippen LogP contribution in [0.5, 0.6) is 11.5 Å². The Morgan fingerprint density at radius 1 is 1.21 bits per heavy atom. The molecule has 1 aromatic heterocycles. The van der Waals surface area contributed by atoms with Gasteiger partial charge in [0.15, 0.2) is 6.61 Å². The highest BCUT2D eigenvalue weighted by Gasteiger charge is 2.17. The van der Waals surface area contributed by atoms with Gasteiger partial charge in [-0.1, -0.05) is 0 Å². The number of carbonyl (C=O) groups is 2. The summed E-state index contributed by atoms with van der Waals surface area (Å²) < 4.78 is 20.4. The Morgan fingerprint density at radius 2 is 2.00 bits per heavy atom. The molecule has 1 atom stereocenters. The summed E-state index contributed by atoms with van der Waals surface area (Å²) in [4.78, 5) is 24.0. The van der Waals surface area contributed by atoms with Crippen molar-refractivity contribution in [1.82, 2.24) is 5.32 Å². The lowest BCUT2D eigenvalue weighted by atomic mass is 10.2. The van der Waals surface area contributed by atoms with Crippen LogP contribution >= 0.6 is 0 Å². The SMILES string of the molecule is COc1ccc(C(=O)OCC(=O)N[C@H](C)c2ccco2)c(OC)c1. The van der Waals surface area contributed by atoms with E-state index in [1.54, 1.807) is 31.2 Å². The molecule has 128 valence electrons. The summed E-state index contributed by atoms with van der Waals surface area (Å²) in [5.41, 5.74) is 0.213. The number of methoxy groups -OCH3 is 2. The number of benzene rings is 1. The first-order chi connectivity index (χ1) is 11.5. The van der Waals surface area contributed by atoms with Gasteiger partial charge in [0.05, 0.1) is 26.5 Å². The fourth-order valence-electron chi connectivity index (χ4n) is 2.07. The first kappa shape index (κ1) is 17.4. The van der Waals surface area contributed by atoms with Crippen LogP contribution in [0.25, 0.3) is 0 Å². The molecular weight excluding hydrogens is 314 g/mol. The Hall–Kier alpha value is -2.96. The molecule has 1 amide bonds. The third-order valence-corrected chi connectivity index (χ3v) is 3.31. The van der Waals surface area contributed by atoms with E-state index in [1.165, 1.54) is 26.5 Å². The number of carbonyl (C=O) groups excluding carboxylic acids is 2. The van der Waals surface area contributed by atoms with Crippen LogP contribution in [-0.2, 0) is 9.53 Å². The third-order valence-electron chi connectivity index (χ3n) is 3.31. The van der Waals surface area contributed by atoms with Crippen LogP contribution in [0, 0.1) is 0 Å². The van der Waals surface area contributed by atoms with Crippen molar-refractivity contribution in [1.29, 1.82) is 0 Å². The molecule has 0 fully saturated rings. The average Bonchev–Trinajstić information content (AvgIpc) is 3.13. The molecule has 0 spiro atoms. The minimum Gasteiger partial charge on any atom is -0.497 e. The van der Waals surface area contributed by atoms with Crippen molar-refractivity contribution >= 4 is 11.9 Å². The highest BCUT2D eigenvalue weighted by Crippen LogP contribution is 2.25. The van der Waals surface area contributed by atoms with Gasteiger partial charge in [0.1, 0.15) is 22.8 Å². The van der Waals surface area contributed by atoms with Crippen LogP contribution < -0.4 is 14.8 Å². The number of rotatable bonds is 7. The zero-order chi connectivity index (χ0) is 17.5. The van der Waals surface area contributed by atoms with E-state index in [1.807, 2.05) is 0 Å². The van der Waals surface area contributed by atoms with Gasteiger partial charge < -0.3 is 23.9 Å². The summed E-state index contributed by atoms with van der Waals surface area (Å²) in [7, 11) is 2.95. The smallest absolute Gasteiger partial charge is 0.342 e. The van der Waals surface area contributed by atoms with E-state index in [-0.39, 0.29) is 11.6 Å². The third kappa shape index (κ3) is 4.28. The number of hydrogen-bond acceptors (Lipinski definition) is 6. The standard InChI is InChI=1S/C17H19NO6/c1-11(14-5-4-8-23-14)18-16(19)10-24-17(20)13-7-6-12(21-2)9-15(13)22-3/h4-9,11H,10H2,1-3H3,(H,18,19)/t11-/m1/s1. The van der Waals surface area contributed by atoms with Gasteiger partial charge in [0.2, 0.25) is 0 Å². The van der Waals surface area contributed by atoms with Gasteiger partial charge in [-0.2, -0.15) is 0 Å². The molecule has 7 heteroatoms. The topological polar surface area (TPSA) is 87.0 Å². The monoisotopic (exact) mass is 333 g/mol. The van der Waals surface area contributed by atoms with Crippen molar-refractivity contribution in [3.63, 3.8) is 0 Å². The fraction of sp³-hybridized carbons (Fsp3) is 0.294.